The summed E-state index contributed by atoms with van der Waals surface area (Å²) in [7, 11) is 0. The Labute approximate surface area is 86.5 Å². The first kappa shape index (κ1) is 9.95. The number of aromatic amines is 2. The van der Waals surface area contributed by atoms with Gasteiger partial charge in [0.15, 0.2) is 0 Å². The van der Waals surface area contributed by atoms with Crippen LogP contribution in [0.15, 0.2) is 4.79 Å². The first-order chi connectivity index (χ1) is 7.25. The summed E-state index contributed by atoms with van der Waals surface area (Å²) < 4.78 is 0. The smallest absolute Gasteiger partial charge is 0.340 e. The van der Waals surface area contributed by atoms with E-state index in [2.05, 4.69) is 20.5 Å². The Bertz CT molecular complexity index is 391. The largest absolute Gasteiger partial charge is 0.355 e. The van der Waals surface area contributed by atoms with Crippen LogP contribution in [0.3, 0.4) is 0 Å². The summed E-state index contributed by atoms with van der Waals surface area (Å²) in [4.78, 5) is 24.6. The van der Waals surface area contributed by atoms with Crippen molar-refractivity contribution in [2.24, 2.45) is 5.92 Å². The second kappa shape index (κ2) is 4.29. The summed E-state index contributed by atoms with van der Waals surface area (Å²) in [6.45, 7) is 0.524. The van der Waals surface area contributed by atoms with Gasteiger partial charge < -0.3 is 5.32 Å². The van der Waals surface area contributed by atoms with Gasteiger partial charge in [-0.3, -0.25) is 9.78 Å². The number of nitrogens with one attached hydrogen (secondary N) is 3. The van der Waals surface area contributed by atoms with Gasteiger partial charge in [-0.1, -0.05) is 6.42 Å². The van der Waals surface area contributed by atoms with Gasteiger partial charge in [0, 0.05) is 18.9 Å². The Kier molecular flexibility index (Phi) is 2.84. The molecule has 0 radical (unpaired) electrons. The number of carbonyl (C=O) groups is 1. The molecule has 1 aliphatic carbocycles. The van der Waals surface area contributed by atoms with E-state index in [9.17, 15) is 9.59 Å². The third-order valence-electron chi connectivity index (χ3n) is 2.69. The average Bonchev–Trinajstić information content (AvgIpc) is 2.48. The van der Waals surface area contributed by atoms with Crippen LogP contribution in [-0.2, 0) is 11.2 Å². The number of rotatable bonds is 4. The molecule has 0 spiro atoms. The first-order valence-corrected chi connectivity index (χ1v) is 5.17. The molecular weight excluding hydrogens is 196 g/mol. The minimum atomic E-state index is -0.310. The predicted molar refractivity (Wildman–Crippen MR) is 53.3 cm³/mol. The average molecular weight is 210 g/mol. The van der Waals surface area contributed by atoms with E-state index in [4.69, 9.17) is 0 Å². The molecule has 0 bridgehead atoms. The first-order valence-electron chi connectivity index (χ1n) is 5.17. The van der Waals surface area contributed by atoms with Gasteiger partial charge in [0.2, 0.25) is 5.91 Å². The van der Waals surface area contributed by atoms with E-state index < -0.39 is 0 Å². The maximum Gasteiger partial charge on any atom is 0.340 e. The molecule has 1 fully saturated rings. The van der Waals surface area contributed by atoms with Crippen molar-refractivity contribution in [3.8, 4) is 0 Å². The molecule has 1 saturated carbocycles. The van der Waals surface area contributed by atoms with Crippen LogP contribution in [0, 0.1) is 5.92 Å². The number of hydrogen-bond acceptors (Lipinski definition) is 3. The molecule has 1 amide bonds. The molecule has 0 saturated heterocycles. The van der Waals surface area contributed by atoms with Gasteiger partial charge in [0.05, 0.1) is 0 Å². The zero-order valence-electron chi connectivity index (χ0n) is 8.38. The van der Waals surface area contributed by atoms with E-state index in [0.717, 1.165) is 19.3 Å². The monoisotopic (exact) mass is 210 g/mol. The SMILES string of the molecule is O=C(NCCc1n[nH]c(=O)[nH]1)C1CCC1. The van der Waals surface area contributed by atoms with E-state index in [1.54, 1.807) is 0 Å². The molecule has 15 heavy (non-hydrogen) atoms. The quantitative estimate of drug-likeness (QED) is 0.629. The van der Waals surface area contributed by atoms with Crippen LogP contribution in [0.5, 0.6) is 0 Å². The summed E-state index contributed by atoms with van der Waals surface area (Å²) >= 11 is 0. The summed E-state index contributed by atoms with van der Waals surface area (Å²) in [5.74, 6) is 0.913. The van der Waals surface area contributed by atoms with Crippen molar-refractivity contribution in [3.63, 3.8) is 0 Å². The molecule has 0 unspecified atom stereocenters. The Balaban J connectivity index is 1.70. The molecule has 1 aromatic heterocycles. The molecule has 0 aliphatic heterocycles. The highest BCUT2D eigenvalue weighted by molar-refractivity contribution is 5.79. The third-order valence-corrected chi connectivity index (χ3v) is 2.69. The summed E-state index contributed by atoms with van der Waals surface area (Å²) in [5, 5.41) is 8.85. The van der Waals surface area contributed by atoms with Crippen molar-refractivity contribution < 1.29 is 4.79 Å². The lowest BCUT2D eigenvalue weighted by molar-refractivity contribution is -0.127. The van der Waals surface area contributed by atoms with Crippen LogP contribution in [-0.4, -0.2) is 27.6 Å². The minimum absolute atomic E-state index is 0.124. The van der Waals surface area contributed by atoms with E-state index in [1.165, 1.54) is 0 Å². The molecule has 0 atom stereocenters. The van der Waals surface area contributed by atoms with Crippen molar-refractivity contribution in [3.05, 3.63) is 16.3 Å². The van der Waals surface area contributed by atoms with Crippen LogP contribution < -0.4 is 11.0 Å². The number of H-pyrrole nitrogens is 2. The second-order valence-corrected chi connectivity index (χ2v) is 3.79. The summed E-state index contributed by atoms with van der Waals surface area (Å²) in [5.41, 5.74) is -0.310. The van der Waals surface area contributed by atoms with Gasteiger partial charge in [-0.05, 0) is 12.8 Å². The van der Waals surface area contributed by atoms with Crippen LogP contribution in [0.25, 0.3) is 0 Å². The van der Waals surface area contributed by atoms with Crippen molar-refractivity contribution in [1.82, 2.24) is 20.5 Å². The maximum absolute atomic E-state index is 11.4. The maximum atomic E-state index is 11.4. The molecule has 6 heteroatoms. The van der Waals surface area contributed by atoms with E-state index in [0.29, 0.717) is 18.8 Å². The third kappa shape index (κ3) is 2.45. The van der Waals surface area contributed by atoms with Crippen molar-refractivity contribution in [2.75, 3.05) is 6.54 Å². The van der Waals surface area contributed by atoms with Gasteiger partial charge in [-0.2, -0.15) is 5.10 Å². The number of carbonyl (C=O) groups excluding carboxylic acids is 1. The minimum Gasteiger partial charge on any atom is -0.355 e. The summed E-state index contributed by atoms with van der Waals surface area (Å²) in [6.07, 6.45) is 3.72. The second-order valence-electron chi connectivity index (χ2n) is 3.79. The molecule has 1 heterocycles. The molecule has 3 N–H and O–H groups in total. The topological polar surface area (TPSA) is 90.6 Å². The zero-order chi connectivity index (χ0) is 10.7. The lowest BCUT2D eigenvalue weighted by atomic mass is 9.85. The van der Waals surface area contributed by atoms with E-state index in [-0.39, 0.29) is 17.5 Å². The lowest BCUT2D eigenvalue weighted by Crippen LogP contribution is -2.35. The molecule has 1 aliphatic rings. The normalized spacial score (nSPS) is 16.0. The fraction of sp³-hybridized carbons (Fsp3) is 0.667. The van der Waals surface area contributed by atoms with Gasteiger partial charge in [-0.25, -0.2) is 9.89 Å². The Morgan fingerprint density at radius 2 is 2.33 bits per heavy atom. The highest BCUT2D eigenvalue weighted by Gasteiger charge is 2.24. The molecule has 2 rings (SSSR count). The van der Waals surface area contributed by atoms with Gasteiger partial charge in [0.25, 0.3) is 0 Å². The van der Waals surface area contributed by atoms with E-state index >= 15 is 0 Å². The Morgan fingerprint density at radius 3 is 2.87 bits per heavy atom. The van der Waals surface area contributed by atoms with Crippen molar-refractivity contribution in [1.29, 1.82) is 0 Å². The number of nitrogens with zero attached hydrogens (tertiary/aromatic N) is 1. The zero-order valence-corrected chi connectivity index (χ0v) is 8.38. The fourth-order valence-corrected chi connectivity index (χ4v) is 1.54. The Morgan fingerprint density at radius 1 is 1.53 bits per heavy atom. The number of aromatic nitrogens is 3. The standard InChI is InChI=1S/C9H14N4O2/c14-8(6-2-1-3-6)10-5-4-7-11-9(15)13-12-7/h6H,1-5H2,(H,10,14)(H2,11,12,13,15). The van der Waals surface area contributed by atoms with Crippen LogP contribution in [0.1, 0.15) is 25.1 Å². The van der Waals surface area contributed by atoms with Crippen LogP contribution >= 0.6 is 0 Å². The lowest BCUT2D eigenvalue weighted by Gasteiger charge is -2.23. The fourth-order valence-electron chi connectivity index (χ4n) is 1.54. The van der Waals surface area contributed by atoms with Crippen LogP contribution in [0.2, 0.25) is 0 Å². The summed E-state index contributed by atoms with van der Waals surface area (Å²) in [6, 6.07) is 0. The molecule has 82 valence electrons. The highest BCUT2D eigenvalue weighted by Crippen LogP contribution is 2.25. The number of hydrogen-bond donors (Lipinski definition) is 3. The number of amides is 1. The molecule has 1 aromatic rings. The van der Waals surface area contributed by atoms with Crippen molar-refractivity contribution in [2.45, 2.75) is 25.7 Å². The predicted octanol–water partition coefficient (Wildman–Crippen LogP) is -0.443. The van der Waals surface area contributed by atoms with Crippen molar-refractivity contribution >= 4 is 5.91 Å². The van der Waals surface area contributed by atoms with Gasteiger partial charge in [-0.15, -0.1) is 0 Å². The molecule has 0 aromatic carbocycles. The van der Waals surface area contributed by atoms with Crippen LogP contribution in [0.4, 0.5) is 0 Å². The molecule has 6 nitrogen and oxygen atoms in total. The van der Waals surface area contributed by atoms with E-state index in [1.807, 2.05) is 0 Å². The highest BCUT2D eigenvalue weighted by atomic mass is 16.2. The van der Waals surface area contributed by atoms with Gasteiger partial charge in [0.1, 0.15) is 5.82 Å². The molecular formula is C9H14N4O2. The van der Waals surface area contributed by atoms with Gasteiger partial charge >= 0.3 is 5.69 Å². The Hall–Kier alpha value is -1.59.